The van der Waals surface area contributed by atoms with Gasteiger partial charge in [0, 0.05) is 49.1 Å². The fourth-order valence-electron chi connectivity index (χ4n) is 6.14. The number of carboxylic acids is 1. The van der Waals surface area contributed by atoms with E-state index in [9.17, 15) is 19.2 Å². The highest BCUT2D eigenvalue weighted by Crippen LogP contribution is 2.20. The number of carbonyl (C=O) groups excluding carboxylic acids is 1. The van der Waals surface area contributed by atoms with Gasteiger partial charge in [0.15, 0.2) is 0 Å². The van der Waals surface area contributed by atoms with Crippen LogP contribution in [0.2, 0.25) is 0 Å². The highest BCUT2D eigenvalue weighted by Gasteiger charge is 2.25. The lowest BCUT2D eigenvalue weighted by Crippen LogP contribution is -2.41. The number of benzene rings is 2. The van der Waals surface area contributed by atoms with Gasteiger partial charge in [-0.25, -0.2) is 20.0 Å². The summed E-state index contributed by atoms with van der Waals surface area (Å²) in [5.41, 5.74) is 3.13. The number of fused-ring (bicyclic) bond motifs is 2. The minimum Gasteiger partial charge on any atom is -0.477 e. The second-order valence-corrected chi connectivity index (χ2v) is 12.5. The number of likely N-dealkylation sites (tertiary alicyclic amines) is 1. The number of aromatic carboxylic acids is 1. The Morgan fingerprint density at radius 3 is 1.73 bits per heavy atom. The Morgan fingerprint density at radius 2 is 1.24 bits per heavy atom. The van der Waals surface area contributed by atoms with Gasteiger partial charge in [0.2, 0.25) is 0 Å². The van der Waals surface area contributed by atoms with E-state index >= 15 is 0 Å². The quantitative estimate of drug-likeness (QED) is 0.205. The molecule has 0 unspecified atom stereocenters. The molecule has 1 saturated heterocycles. The summed E-state index contributed by atoms with van der Waals surface area (Å²) in [6, 6.07) is 21.5. The highest BCUT2D eigenvalue weighted by molar-refractivity contribution is 5.92. The molecule has 7 rings (SSSR count). The topological polar surface area (TPSA) is 184 Å². The van der Waals surface area contributed by atoms with Crippen molar-refractivity contribution in [1.29, 1.82) is 0 Å². The second-order valence-electron chi connectivity index (χ2n) is 12.5. The van der Waals surface area contributed by atoms with Gasteiger partial charge >= 0.3 is 5.97 Å². The number of nitrogens with one attached hydrogen (secondary N) is 2. The molecular formula is C38H37N7O6. The number of nitrogens with zero attached hydrogens (tertiary/aromatic N) is 5. The normalized spacial score (nSPS) is 13.3. The maximum Gasteiger partial charge on any atom is 0.354 e. The van der Waals surface area contributed by atoms with Crippen molar-refractivity contribution in [3.63, 3.8) is 0 Å². The van der Waals surface area contributed by atoms with Gasteiger partial charge in [-0.2, -0.15) is 10.2 Å². The number of aromatic nitrogens is 6. The molecule has 0 saturated carbocycles. The number of carbonyl (C=O) groups is 2. The lowest BCUT2D eigenvalue weighted by atomic mass is 10.0. The molecule has 2 aromatic carbocycles. The van der Waals surface area contributed by atoms with E-state index in [-0.39, 0.29) is 34.9 Å². The average molecular weight is 688 g/mol. The lowest BCUT2D eigenvalue weighted by Gasteiger charge is -2.32. The molecule has 5 heterocycles. The van der Waals surface area contributed by atoms with Crippen molar-refractivity contribution >= 4 is 33.4 Å². The first-order chi connectivity index (χ1) is 24.7. The van der Waals surface area contributed by atoms with E-state index in [0.29, 0.717) is 48.1 Å². The van der Waals surface area contributed by atoms with Crippen LogP contribution in [-0.4, -0.2) is 77.5 Å². The zero-order chi connectivity index (χ0) is 35.9. The zero-order valence-corrected chi connectivity index (χ0v) is 28.2. The summed E-state index contributed by atoms with van der Waals surface area (Å²) in [4.78, 5) is 57.5. The van der Waals surface area contributed by atoms with Crippen molar-refractivity contribution < 1.29 is 19.4 Å². The number of hydrogen-bond donors (Lipinski definition) is 3. The molecule has 4 aromatic heterocycles. The average Bonchev–Trinajstić information content (AvgIpc) is 3.14. The van der Waals surface area contributed by atoms with Crippen LogP contribution < -0.4 is 11.1 Å². The molecule has 0 spiro atoms. The molecule has 0 atom stereocenters. The summed E-state index contributed by atoms with van der Waals surface area (Å²) >= 11 is 0. The van der Waals surface area contributed by atoms with E-state index in [4.69, 9.17) is 9.84 Å². The summed E-state index contributed by atoms with van der Waals surface area (Å²) in [6.07, 6.45) is 6.14. The van der Waals surface area contributed by atoms with Gasteiger partial charge in [-0.15, -0.1) is 0 Å². The third-order valence-corrected chi connectivity index (χ3v) is 8.57. The smallest absolute Gasteiger partial charge is 0.354 e. The van der Waals surface area contributed by atoms with Crippen molar-refractivity contribution in [2.45, 2.75) is 51.7 Å². The van der Waals surface area contributed by atoms with Crippen LogP contribution in [0.1, 0.15) is 70.2 Å². The van der Waals surface area contributed by atoms with E-state index in [1.165, 1.54) is 12.3 Å². The number of piperidine rings is 1. The number of pyridine rings is 2. The third-order valence-electron chi connectivity index (χ3n) is 8.57. The van der Waals surface area contributed by atoms with Crippen LogP contribution in [0.3, 0.4) is 0 Å². The summed E-state index contributed by atoms with van der Waals surface area (Å²) in [7, 11) is 0. The van der Waals surface area contributed by atoms with Crippen molar-refractivity contribution in [2.75, 3.05) is 13.1 Å². The molecule has 6 aromatic rings. The van der Waals surface area contributed by atoms with Crippen molar-refractivity contribution in [3.05, 3.63) is 140 Å². The van der Waals surface area contributed by atoms with Crippen LogP contribution in [0.25, 0.3) is 21.5 Å². The fraction of sp³-hybridized carbons (Fsp3) is 0.263. The lowest BCUT2D eigenvalue weighted by molar-refractivity contribution is -0.0237. The molecular weight excluding hydrogens is 650 g/mol. The first-order valence-electron chi connectivity index (χ1n) is 16.7. The molecule has 0 radical (unpaired) electrons. The SMILES string of the molecule is CC(C)OC1CCN(C(=O)c2cc(Cc3n[nH]c(=O)c4ccccc34)ccn2)CC1.O=C(O)c1cc(Cc2n[nH]c(=O)c3ccccc23)ccn1. The van der Waals surface area contributed by atoms with Gasteiger partial charge < -0.3 is 14.7 Å². The maximum atomic E-state index is 12.9. The van der Waals surface area contributed by atoms with Gasteiger partial charge in [0.1, 0.15) is 11.4 Å². The molecule has 1 aliphatic heterocycles. The van der Waals surface area contributed by atoms with Gasteiger partial charge in [-0.3, -0.25) is 19.4 Å². The predicted molar refractivity (Wildman–Crippen MR) is 191 cm³/mol. The van der Waals surface area contributed by atoms with Gasteiger partial charge in [-0.05, 0) is 74.2 Å². The van der Waals surface area contributed by atoms with Crippen LogP contribution in [0, 0.1) is 0 Å². The van der Waals surface area contributed by atoms with Gasteiger partial charge in [0.05, 0.1) is 34.4 Å². The Kier molecular flexibility index (Phi) is 10.7. The molecule has 1 amide bonds. The van der Waals surface area contributed by atoms with E-state index in [0.717, 1.165) is 40.4 Å². The van der Waals surface area contributed by atoms with Crippen LogP contribution >= 0.6 is 0 Å². The Hall–Kier alpha value is -6.08. The van der Waals surface area contributed by atoms with Crippen molar-refractivity contribution in [2.24, 2.45) is 0 Å². The standard InChI is InChI=1S/C23H26N4O3.C15H11N3O3/c1-15(2)30-17-8-11-27(12-9-17)23(29)21-14-16(7-10-24-21)13-20-18-5-3-4-6-19(18)22(28)26-25-20;19-14-11-4-2-1-3-10(11)12(17-18-14)7-9-5-6-16-13(8-9)15(20)21/h3-7,10,14-15,17H,8-9,11-13H2,1-2H3,(H,26,28);1-6,8H,7H2,(H,18,19)(H,20,21). The van der Waals surface area contributed by atoms with Crippen LogP contribution in [0.4, 0.5) is 0 Å². The Bertz CT molecular complexity index is 2310. The minimum atomic E-state index is -1.07. The molecule has 3 N–H and O–H groups in total. The second kappa shape index (κ2) is 15.6. The zero-order valence-electron chi connectivity index (χ0n) is 28.2. The maximum absolute atomic E-state index is 12.9. The predicted octanol–water partition coefficient (Wildman–Crippen LogP) is 4.55. The Morgan fingerprint density at radius 1 is 0.765 bits per heavy atom. The molecule has 51 heavy (non-hydrogen) atoms. The van der Waals surface area contributed by atoms with E-state index in [2.05, 4.69) is 30.4 Å². The summed E-state index contributed by atoms with van der Waals surface area (Å²) in [5.74, 6) is -1.13. The van der Waals surface area contributed by atoms with Gasteiger partial charge in [0.25, 0.3) is 17.0 Å². The van der Waals surface area contributed by atoms with E-state index in [1.54, 1.807) is 30.5 Å². The molecule has 0 aliphatic carbocycles. The van der Waals surface area contributed by atoms with Crippen molar-refractivity contribution in [3.8, 4) is 0 Å². The number of amides is 1. The monoisotopic (exact) mass is 687 g/mol. The molecule has 1 fully saturated rings. The third kappa shape index (κ3) is 8.39. The van der Waals surface area contributed by atoms with E-state index in [1.807, 2.05) is 61.2 Å². The van der Waals surface area contributed by atoms with Crippen LogP contribution in [0.15, 0.2) is 94.8 Å². The first kappa shape index (κ1) is 34.8. The summed E-state index contributed by atoms with van der Waals surface area (Å²) < 4.78 is 5.87. The molecule has 13 nitrogen and oxygen atoms in total. The van der Waals surface area contributed by atoms with Gasteiger partial charge in [-0.1, -0.05) is 36.4 Å². The fourth-order valence-corrected chi connectivity index (χ4v) is 6.14. The number of ether oxygens (including phenoxy) is 1. The molecule has 13 heteroatoms. The Labute approximate surface area is 292 Å². The molecule has 260 valence electrons. The summed E-state index contributed by atoms with van der Waals surface area (Å²) in [5, 5.41) is 25.0. The minimum absolute atomic E-state index is 0.0127. The number of H-pyrrole nitrogens is 2. The van der Waals surface area contributed by atoms with Crippen LogP contribution in [0.5, 0.6) is 0 Å². The van der Waals surface area contributed by atoms with Crippen LogP contribution in [-0.2, 0) is 17.6 Å². The number of carboxylic acid groups (broad SMARTS) is 1. The number of aromatic amines is 2. The highest BCUT2D eigenvalue weighted by atomic mass is 16.5. The van der Waals surface area contributed by atoms with Crippen molar-refractivity contribution in [1.82, 2.24) is 35.3 Å². The first-order valence-corrected chi connectivity index (χ1v) is 16.7. The Balaban J connectivity index is 0.000000187. The largest absolute Gasteiger partial charge is 0.477 e. The molecule has 1 aliphatic rings. The number of hydrogen-bond acceptors (Lipinski definition) is 9. The number of rotatable bonds is 8. The summed E-state index contributed by atoms with van der Waals surface area (Å²) in [6.45, 7) is 5.42. The van der Waals surface area contributed by atoms with E-state index < -0.39 is 5.97 Å². The molecule has 0 bridgehead atoms.